The van der Waals surface area contributed by atoms with Crippen molar-refractivity contribution in [2.24, 2.45) is 16.3 Å². The number of nitrogens with zero attached hydrogens (tertiary/aromatic N) is 1. The second kappa shape index (κ2) is 6.79. The van der Waals surface area contributed by atoms with Crippen LogP contribution in [0.1, 0.15) is 27.2 Å². The Bertz CT molecular complexity index is 498. The zero-order valence-corrected chi connectivity index (χ0v) is 12.0. The Morgan fingerprint density at radius 3 is 2.80 bits per heavy atom. The number of amides is 1. The minimum Gasteiger partial charge on any atom is -0.485 e. The number of hydrogen-bond acceptors (Lipinski definition) is 4. The van der Waals surface area contributed by atoms with E-state index in [1.807, 2.05) is 20.8 Å². The van der Waals surface area contributed by atoms with E-state index in [-0.39, 0.29) is 18.3 Å². The molecule has 4 N–H and O–H groups in total. The third-order valence-corrected chi connectivity index (χ3v) is 3.11. The molecular weight excluding hydrogens is 258 g/mol. The number of rotatable bonds is 6. The normalized spacial score (nSPS) is 12.1. The Kier molecular flexibility index (Phi) is 5.37. The lowest BCUT2D eigenvalue weighted by Gasteiger charge is -2.21. The van der Waals surface area contributed by atoms with Gasteiger partial charge in [0.25, 0.3) is 0 Å². The second-order valence-electron chi connectivity index (χ2n) is 5.10. The number of nitrogens with two attached hydrogens (primary N) is 1. The highest BCUT2D eigenvalue weighted by Gasteiger charge is 2.25. The maximum absolute atomic E-state index is 12.1. The molecule has 0 aliphatic heterocycles. The average Bonchev–Trinajstić information content (AvgIpc) is 2.45. The van der Waals surface area contributed by atoms with E-state index in [4.69, 9.17) is 15.7 Å². The Labute approximate surface area is 118 Å². The number of amidine groups is 1. The molecule has 0 bridgehead atoms. The molecule has 0 radical (unpaired) electrons. The average molecular weight is 279 g/mol. The standard InChI is InChI=1S/C14H21N3O3/c1-4-14(2,3)13(18)16-10-6-5-7-11(8-10)20-9-12(15)17-19/h5-8,19H,4,9H2,1-3H3,(H2,15,17)(H,16,18). The maximum Gasteiger partial charge on any atom is 0.230 e. The molecule has 0 spiro atoms. The fraction of sp³-hybridized carbons (Fsp3) is 0.429. The summed E-state index contributed by atoms with van der Waals surface area (Å²) in [4.78, 5) is 12.1. The first-order chi connectivity index (χ1) is 9.39. The first kappa shape index (κ1) is 15.8. The first-order valence-electron chi connectivity index (χ1n) is 6.39. The van der Waals surface area contributed by atoms with Gasteiger partial charge in [-0.3, -0.25) is 4.79 Å². The van der Waals surface area contributed by atoms with Gasteiger partial charge >= 0.3 is 0 Å². The molecule has 0 saturated heterocycles. The minimum absolute atomic E-state index is 0.0195. The highest BCUT2D eigenvalue weighted by atomic mass is 16.5. The Balaban J connectivity index is 2.71. The molecule has 6 heteroatoms. The predicted octanol–water partition coefficient (Wildman–Crippen LogP) is 2.19. The third kappa shape index (κ3) is 4.46. The molecule has 0 atom stereocenters. The summed E-state index contributed by atoms with van der Waals surface area (Å²) in [5.41, 5.74) is 5.54. The van der Waals surface area contributed by atoms with Crippen molar-refractivity contribution in [2.75, 3.05) is 11.9 Å². The van der Waals surface area contributed by atoms with Crippen molar-refractivity contribution in [1.29, 1.82) is 0 Å². The SMILES string of the molecule is CCC(C)(C)C(=O)Nc1cccc(OCC(N)=NO)c1. The van der Waals surface area contributed by atoms with Crippen LogP contribution in [0.4, 0.5) is 5.69 Å². The molecule has 1 rings (SSSR count). The molecule has 1 aromatic rings. The van der Waals surface area contributed by atoms with Crippen molar-refractivity contribution < 1.29 is 14.7 Å². The van der Waals surface area contributed by atoms with Crippen molar-refractivity contribution in [3.05, 3.63) is 24.3 Å². The van der Waals surface area contributed by atoms with Crippen LogP contribution in [0.15, 0.2) is 29.4 Å². The predicted molar refractivity (Wildman–Crippen MR) is 78.0 cm³/mol. The van der Waals surface area contributed by atoms with Crippen LogP contribution in [0.25, 0.3) is 0 Å². The molecule has 0 aromatic heterocycles. The number of carbonyl (C=O) groups is 1. The molecule has 0 saturated carbocycles. The molecule has 0 aliphatic rings. The molecule has 20 heavy (non-hydrogen) atoms. The van der Waals surface area contributed by atoms with Crippen molar-refractivity contribution in [2.45, 2.75) is 27.2 Å². The van der Waals surface area contributed by atoms with E-state index in [9.17, 15) is 4.79 Å². The van der Waals surface area contributed by atoms with Crippen LogP contribution >= 0.6 is 0 Å². The molecule has 6 nitrogen and oxygen atoms in total. The smallest absolute Gasteiger partial charge is 0.230 e. The number of carbonyl (C=O) groups excluding carboxylic acids is 1. The van der Waals surface area contributed by atoms with Gasteiger partial charge in [0.1, 0.15) is 12.4 Å². The molecule has 110 valence electrons. The third-order valence-electron chi connectivity index (χ3n) is 3.11. The summed E-state index contributed by atoms with van der Waals surface area (Å²) in [6.45, 7) is 5.73. The maximum atomic E-state index is 12.1. The number of oxime groups is 1. The van der Waals surface area contributed by atoms with E-state index >= 15 is 0 Å². The number of hydrogen-bond donors (Lipinski definition) is 3. The highest BCUT2D eigenvalue weighted by Crippen LogP contribution is 2.24. The summed E-state index contributed by atoms with van der Waals surface area (Å²) in [5.74, 6) is 0.462. The number of anilines is 1. The summed E-state index contributed by atoms with van der Waals surface area (Å²) >= 11 is 0. The quantitative estimate of drug-likeness (QED) is 0.322. The molecule has 0 fully saturated rings. The van der Waals surface area contributed by atoms with Crippen LogP contribution in [-0.2, 0) is 4.79 Å². The van der Waals surface area contributed by atoms with E-state index in [2.05, 4.69) is 10.5 Å². The zero-order chi connectivity index (χ0) is 15.2. The van der Waals surface area contributed by atoms with Crippen LogP contribution < -0.4 is 15.8 Å². The van der Waals surface area contributed by atoms with E-state index in [0.717, 1.165) is 6.42 Å². The molecule has 0 heterocycles. The Morgan fingerprint density at radius 1 is 1.50 bits per heavy atom. The first-order valence-corrected chi connectivity index (χ1v) is 6.39. The van der Waals surface area contributed by atoms with Crippen LogP contribution in [0, 0.1) is 5.41 Å². The van der Waals surface area contributed by atoms with Gasteiger partial charge < -0.3 is 21.0 Å². The summed E-state index contributed by atoms with van der Waals surface area (Å²) in [6.07, 6.45) is 0.749. The van der Waals surface area contributed by atoms with Gasteiger partial charge in [0.05, 0.1) is 0 Å². The van der Waals surface area contributed by atoms with Gasteiger partial charge in [-0.25, -0.2) is 0 Å². The fourth-order valence-corrected chi connectivity index (χ4v) is 1.31. The highest BCUT2D eigenvalue weighted by molar-refractivity contribution is 5.94. The summed E-state index contributed by atoms with van der Waals surface area (Å²) in [6, 6.07) is 6.95. The van der Waals surface area contributed by atoms with Gasteiger partial charge in [0.2, 0.25) is 5.91 Å². The van der Waals surface area contributed by atoms with Gasteiger partial charge in [-0.05, 0) is 18.6 Å². The topological polar surface area (TPSA) is 96.9 Å². The van der Waals surface area contributed by atoms with Crippen LogP contribution in [0.3, 0.4) is 0 Å². The van der Waals surface area contributed by atoms with Crippen molar-refractivity contribution >= 4 is 17.4 Å². The van der Waals surface area contributed by atoms with E-state index in [0.29, 0.717) is 11.4 Å². The Hall–Kier alpha value is -2.24. The second-order valence-corrected chi connectivity index (χ2v) is 5.10. The lowest BCUT2D eigenvalue weighted by Crippen LogP contribution is -2.30. The van der Waals surface area contributed by atoms with Crippen LogP contribution in [-0.4, -0.2) is 23.6 Å². The number of ether oxygens (including phenoxy) is 1. The minimum atomic E-state index is -0.426. The number of nitrogens with one attached hydrogen (secondary N) is 1. The summed E-state index contributed by atoms with van der Waals surface area (Å²) < 4.78 is 5.33. The van der Waals surface area contributed by atoms with Gasteiger partial charge in [0.15, 0.2) is 5.84 Å². The summed E-state index contributed by atoms with van der Waals surface area (Å²) in [5, 5.41) is 14.1. The van der Waals surface area contributed by atoms with Gasteiger partial charge in [-0.1, -0.05) is 32.0 Å². The van der Waals surface area contributed by atoms with Crippen LogP contribution in [0.5, 0.6) is 5.75 Å². The lowest BCUT2D eigenvalue weighted by atomic mass is 9.89. The van der Waals surface area contributed by atoms with Gasteiger partial charge in [-0.15, -0.1) is 0 Å². The van der Waals surface area contributed by atoms with Crippen molar-refractivity contribution in [3.63, 3.8) is 0 Å². The number of benzene rings is 1. The largest absolute Gasteiger partial charge is 0.485 e. The molecule has 1 aromatic carbocycles. The molecule has 0 aliphatic carbocycles. The lowest BCUT2D eigenvalue weighted by molar-refractivity contribution is -0.124. The van der Waals surface area contributed by atoms with E-state index < -0.39 is 5.41 Å². The zero-order valence-electron chi connectivity index (χ0n) is 12.0. The van der Waals surface area contributed by atoms with Gasteiger partial charge in [-0.2, -0.15) is 0 Å². The molecule has 0 unspecified atom stereocenters. The van der Waals surface area contributed by atoms with E-state index in [1.54, 1.807) is 24.3 Å². The van der Waals surface area contributed by atoms with Crippen molar-refractivity contribution in [1.82, 2.24) is 0 Å². The van der Waals surface area contributed by atoms with Crippen molar-refractivity contribution in [3.8, 4) is 5.75 Å². The van der Waals surface area contributed by atoms with Gasteiger partial charge in [0, 0.05) is 17.2 Å². The van der Waals surface area contributed by atoms with Crippen LogP contribution in [0.2, 0.25) is 0 Å². The molecular formula is C14H21N3O3. The fourth-order valence-electron chi connectivity index (χ4n) is 1.31. The Morgan fingerprint density at radius 2 is 2.20 bits per heavy atom. The van der Waals surface area contributed by atoms with E-state index in [1.165, 1.54) is 0 Å². The summed E-state index contributed by atoms with van der Waals surface area (Å²) in [7, 11) is 0. The molecule has 1 amide bonds. The monoisotopic (exact) mass is 279 g/mol.